The zero-order valence-corrected chi connectivity index (χ0v) is 24.1. The summed E-state index contributed by atoms with van der Waals surface area (Å²) < 4.78 is 6.31. The van der Waals surface area contributed by atoms with Gasteiger partial charge in [-0.15, -0.1) is 0 Å². The van der Waals surface area contributed by atoms with Gasteiger partial charge in [-0.1, -0.05) is 133 Å². The Labute approximate surface area is 256 Å². The zero-order valence-electron chi connectivity index (χ0n) is 24.1. The second-order valence-corrected chi connectivity index (χ2v) is 11.6. The molecule has 0 N–H and O–H groups in total. The van der Waals surface area contributed by atoms with Gasteiger partial charge in [-0.3, -0.25) is 0 Å². The molecule has 0 fully saturated rings. The summed E-state index contributed by atoms with van der Waals surface area (Å²) in [6.07, 6.45) is 2.71. The van der Waals surface area contributed by atoms with Crippen molar-refractivity contribution in [1.82, 2.24) is 0 Å². The molecule has 1 aromatic heterocycles. The van der Waals surface area contributed by atoms with Crippen molar-refractivity contribution in [3.63, 3.8) is 0 Å². The Balaban J connectivity index is 1.46. The van der Waals surface area contributed by atoms with Gasteiger partial charge >= 0.3 is 0 Å². The van der Waals surface area contributed by atoms with Crippen molar-refractivity contribution in [3.05, 3.63) is 169 Å². The molecule has 0 spiro atoms. The first-order valence-electron chi connectivity index (χ1n) is 15.2. The van der Waals surface area contributed by atoms with Gasteiger partial charge in [0.15, 0.2) is 0 Å². The summed E-state index contributed by atoms with van der Waals surface area (Å²) in [6.45, 7) is 0. The molecular weight excluding hydrogens is 532 g/mol. The standard InChI is InChI=1S/C43H28O/c1-2-12-28(13-3-1)31-16-8-9-19-35(31)40-27-39-32-17-6-4-14-29(32)23-24-37(39)42(43(40)41-22-11-25-44-41)36-21-10-20-34-33-18-7-5-15-30(33)26-38(34)36/h1-25,27H,26H2. The Morgan fingerprint density at radius 1 is 0.409 bits per heavy atom. The topological polar surface area (TPSA) is 13.1 Å². The van der Waals surface area contributed by atoms with E-state index >= 15 is 0 Å². The average Bonchev–Trinajstić information content (AvgIpc) is 3.76. The average molecular weight is 561 g/mol. The van der Waals surface area contributed by atoms with E-state index in [4.69, 9.17) is 4.42 Å². The highest BCUT2D eigenvalue weighted by atomic mass is 16.3. The normalized spacial score (nSPS) is 12.0. The lowest BCUT2D eigenvalue weighted by Crippen LogP contribution is -1.97. The second kappa shape index (κ2) is 9.97. The molecule has 8 aromatic rings. The quantitative estimate of drug-likeness (QED) is 0.195. The number of benzene rings is 7. The van der Waals surface area contributed by atoms with Gasteiger partial charge in [0, 0.05) is 11.1 Å². The third kappa shape index (κ3) is 3.80. The van der Waals surface area contributed by atoms with Crippen LogP contribution in [0.5, 0.6) is 0 Å². The maximum atomic E-state index is 6.31. The van der Waals surface area contributed by atoms with Crippen molar-refractivity contribution in [2.45, 2.75) is 6.42 Å². The van der Waals surface area contributed by atoms with Crippen LogP contribution in [0.1, 0.15) is 11.1 Å². The SMILES string of the molecule is c1ccc(-c2ccccc2-c2cc3c(ccc4ccccc43)c(-c3cccc4c3Cc3ccccc3-4)c2-c2ccco2)cc1. The van der Waals surface area contributed by atoms with Gasteiger partial charge in [0.1, 0.15) is 5.76 Å². The van der Waals surface area contributed by atoms with E-state index in [1.807, 2.05) is 6.07 Å². The van der Waals surface area contributed by atoms with E-state index < -0.39 is 0 Å². The van der Waals surface area contributed by atoms with Crippen molar-refractivity contribution in [1.29, 1.82) is 0 Å². The summed E-state index contributed by atoms with van der Waals surface area (Å²) >= 11 is 0. The van der Waals surface area contributed by atoms with Gasteiger partial charge in [0.05, 0.1) is 6.26 Å². The predicted molar refractivity (Wildman–Crippen MR) is 184 cm³/mol. The third-order valence-corrected chi connectivity index (χ3v) is 9.24. The molecule has 9 rings (SSSR count). The lowest BCUT2D eigenvalue weighted by Gasteiger charge is -2.22. The molecule has 1 nitrogen and oxygen atoms in total. The Hall–Kier alpha value is -5.66. The van der Waals surface area contributed by atoms with Crippen LogP contribution in [0.25, 0.3) is 77.4 Å². The molecule has 206 valence electrons. The minimum Gasteiger partial charge on any atom is -0.464 e. The van der Waals surface area contributed by atoms with E-state index in [0.717, 1.165) is 17.7 Å². The van der Waals surface area contributed by atoms with Crippen molar-refractivity contribution in [3.8, 4) is 55.8 Å². The molecule has 0 bridgehead atoms. The minimum atomic E-state index is 0.876. The van der Waals surface area contributed by atoms with E-state index in [9.17, 15) is 0 Å². The van der Waals surface area contributed by atoms with Gasteiger partial charge in [-0.05, 0) is 96.2 Å². The number of hydrogen-bond donors (Lipinski definition) is 0. The minimum absolute atomic E-state index is 0.876. The van der Waals surface area contributed by atoms with Gasteiger partial charge in [0.2, 0.25) is 0 Å². The molecule has 0 saturated heterocycles. The second-order valence-electron chi connectivity index (χ2n) is 11.6. The summed E-state index contributed by atoms with van der Waals surface area (Å²) in [6, 6.07) is 55.0. The van der Waals surface area contributed by atoms with Crippen molar-refractivity contribution in [2.24, 2.45) is 0 Å². The molecule has 0 amide bonds. The highest BCUT2D eigenvalue weighted by molar-refractivity contribution is 6.19. The van der Waals surface area contributed by atoms with Crippen molar-refractivity contribution in [2.75, 3.05) is 0 Å². The first-order valence-corrected chi connectivity index (χ1v) is 15.2. The van der Waals surface area contributed by atoms with E-state index in [1.54, 1.807) is 6.26 Å². The molecule has 0 aliphatic heterocycles. The first kappa shape index (κ1) is 24.9. The van der Waals surface area contributed by atoms with Crippen LogP contribution in [-0.4, -0.2) is 0 Å². The molecule has 1 heterocycles. The fourth-order valence-electron chi connectivity index (χ4n) is 7.30. The lowest BCUT2D eigenvalue weighted by molar-refractivity contribution is 0.583. The van der Waals surface area contributed by atoms with Crippen LogP contribution >= 0.6 is 0 Å². The Kier molecular flexibility index (Phi) is 5.64. The van der Waals surface area contributed by atoms with Gasteiger partial charge in [-0.2, -0.15) is 0 Å². The monoisotopic (exact) mass is 560 g/mol. The van der Waals surface area contributed by atoms with E-state index in [2.05, 4.69) is 146 Å². The summed E-state index contributed by atoms with van der Waals surface area (Å²) in [4.78, 5) is 0. The molecule has 7 aromatic carbocycles. The molecule has 1 aliphatic rings. The first-order chi connectivity index (χ1) is 21.8. The Bertz CT molecular complexity index is 2340. The zero-order chi connectivity index (χ0) is 29.0. The number of fused-ring (bicyclic) bond motifs is 6. The van der Waals surface area contributed by atoms with Crippen molar-refractivity contribution < 1.29 is 4.42 Å². The molecule has 0 radical (unpaired) electrons. The van der Waals surface area contributed by atoms with Crippen LogP contribution in [0.15, 0.2) is 162 Å². The molecule has 0 atom stereocenters. The summed E-state index contributed by atoms with van der Waals surface area (Å²) in [5, 5.41) is 4.98. The number of furan rings is 1. The molecule has 0 saturated carbocycles. The van der Waals surface area contributed by atoms with Crippen LogP contribution < -0.4 is 0 Å². The van der Waals surface area contributed by atoms with E-state index in [-0.39, 0.29) is 0 Å². The molecular formula is C43H28O. The maximum Gasteiger partial charge on any atom is 0.135 e. The van der Waals surface area contributed by atoms with Crippen LogP contribution in [-0.2, 0) is 6.42 Å². The molecule has 44 heavy (non-hydrogen) atoms. The number of hydrogen-bond acceptors (Lipinski definition) is 1. The van der Waals surface area contributed by atoms with Crippen molar-refractivity contribution >= 4 is 21.5 Å². The summed E-state index contributed by atoms with van der Waals surface area (Å²) in [5.41, 5.74) is 13.8. The number of rotatable bonds is 4. The highest BCUT2D eigenvalue weighted by Gasteiger charge is 2.27. The van der Waals surface area contributed by atoms with Gasteiger partial charge in [-0.25, -0.2) is 0 Å². The largest absolute Gasteiger partial charge is 0.464 e. The third-order valence-electron chi connectivity index (χ3n) is 9.24. The van der Waals surface area contributed by atoms with Crippen LogP contribution in [0.3, 0.4) is 0 Å². The summed E-state index contributed by atoms with van der Waals surface area (Å²) in [7, 11) is 0. The van der Waals surface area contributed by atoms with E-state index in [1.165, 1.54) is 77.2 Å². The molecule has 1 aliphatic carbocycles. The predicted octanol–water partition coefficient (Wildman–Crippen LogP) is 11.8. The fraction of sp³-hybridized carbons (Fsp3) is 0.0233. The van der Waals surface area contributed by atoms with E-state index in [0.29, 0.717) is 0 Å². The van der Waals surface area contributed by atoms with Gasteiger partial charge < -0.3 is 4.42 Å². The Morgan fingerprint density at radius 2 is 1.14 bits per heavy atom. The maximum absolute atomic E-state index is 6.31. The summed E-state index contributed by atoms with van der Waals surface area (Å²) in [5.74, 6) is 0.876. The smallest absolute Gasteiger partial charge is 0.135 e. The van der Waals surface area contributed by atoms with Crippen LogP contribution in [0.4, 0.5) is 0 Å². The Morgan fingerprint density at radius 3 is 2.00 bits per heavy atom. The highest BCUT2D eigenvalue weighted by Crippen LogP contribution is 2.51. The molecule has 0 unspecified atom stereocenters. The fourth-order valence-corrected chi connectivity index (χ4v) is 7.30. The molecule has 1 heteroatoms. The van der Waals surface area contributed by atoms with Crippen LogP contribution in [0, 0.1) is 0 Å². The van der Waals surface area contributed by atoms with Gasteiger partial charge in [0.25, 0.3) is 0 Å². The lowest BCUT2D eigenvalue weighted by atomic mass is 9.81. The van der Waals surface area contributed by atoms with Crippen LogP contribution in [0.2, 0.25) is 0 Å².